The third-order valence-electron chi connectivity index (χ3n) is 6.13. The first kappa shape index (κ1) is 21.9. The Hall–Kier alpha value is -4.57. The van der Waals surface area contributed by atoms with E-state index in [9.17, 15) is 4.39 Å². The van der Waals surface area contributed by atoms with Crippen molar-refractivity contribution in [3.05, 3.63) is 67.0 Å². The fourth-order valence-corrected chi connectivity index (χ4v) is 4.35. The molecule has 0 atom stereocenters. The average Bonchev–Trinajstić information content (AvgIpc) is 3.62. The van der Waals surface area contributed by atoms with Crippen LogP contribution >= 0.6 is 0 Å². The molecule has 0 amide bonds. The Labute approximate surface area is 205 Å². The van der Waals surface area contributed by atoms with Crippen molar-refractivity contribution < 1.29 is 4.39 Å². The maximum Gasteiger partial charge on any atom is 0.155 e. The summed E-state index contributed by atoms with van der Waals surface area (Å²) in [5.74, 6) is -0.295. The molecule has 180 valence electrons. The van der Waals surface area contributed by atoms with Crippen molar-refractivity contribution in [3.63, 3.8) is 0 Å². The van der Waals surface area contributed by atoms with Crippen LogP contribution in [0.3, 0.4) is 0 Å². The zero-order valence-electron chi connectivity index (χ0n) is 19.8. The number of nitrogens with one attached hydrogen (secondary N) is 4. The lowest BCUT2D eigenvalue weighted by Crippen LogP contribution is -2.20. The monoisotopic (exact) mass is 481 g/mol. The van der Waals surface area contributed by atoms with Crippen LogP contribution in [0.4, 0.5) is 10.1 Å². The van der Waals surface area contributed by atoms with Crippen molar-refractivity contribution in [2.75, 3.05) is 32.5 Å². The van der Waals surface area contributed by atoms with Gasteiger partial charge >= 0.3 is 0 Å². The van der Waals surface area contributed by atoms with Gasteiger partial charge < -0.3 is 15.2 Å². The van der Waals surface area contributed by atoms with Gasteiger partial charge in [-0.15, -0.1) is 0 Å². The summed E-state index contributed by atoms with van der Waals surface area (Å²) in [5.41, 5.74) is 7.18. The van der Waals surface area contributed by atoms with Crippen molar-refractivity contribution in [3.8, 4) is 33.6 Å². The number of rotatable bonds is 7. The summed E-state index contributed by atoms with van der Waals surface area (Å²) in [7, 11) is 4.01. The van der Waals surface area contributed by atoms with E-state index in [0.717, 1.165) is 63.2 Å². The predicted octanol–water partition coefficient (Wildman–Crippen LogP) is 4.67. The molecule has 10 heteroatoms. The van der Waals surface area contributed by atoms with Gasteiger partial charge in [-0.1, -0.05) is 0 Å². The van der Waals surface area contributed by atoms with Gasteiger partial charge in [-0.05, 0) is 61.6 Å². The molecule has 0 bridgehead atoms. The van der Waals surface area contributed by atoms with Crippen molar-refractivity contribution in [1.29, 1.82) is 0 Å². The molecule has 36 heavy (non-hydrogen) atoms. The zero-order chi connectivity index (χ0) is 24.6. The highest BCUT2D eigenvalue weighted by Gasteiger charge is 2.16. The highest BCUT2D eigenvalue weighted by atomic mass is 19.1. The number of fused-ring (bicyclic) bond motifs is 2. The molecular formula is C26H24FN9. The number of anilines is 1. The molecule has 0 saturated carbocycles. The van der Waals surface area contributed by atoms with Gasteiger partial charge in [0.15, 0.2) is 5.65 Å². The summed E-state index contributed by atoms with van der Waals surface area (Å²) in [4.78, 5) is 14.5. The van der Waals surface area contributed by atoms with Crippen LogP contribution in [-0.4, -0.2) is 67.4 Å². The van der Waals surface area contributed by atoms with Crippen LogP contribution in [0, 0.1) is 5.82 Å². The molecule has 0 aliphatic heterocycles. The summed E-state index contributed by atoms with van der Waals surface area (Å²) in [5, 5.41) is 19.4. The quantitative estimate of drug-likeness (QED) is 0.263. The van der Waals surface area contributed by atoms with Crippen molar-refractivity contribution in [2.45, 2.75) is 0 Å². The number of nitrogens with zero attached hydrogens (tertiary/aromatic N) is 5. The maximum atomic E-state index is 14.6. The largest absolute Gasteiger partial charge is 0.384 e. The number of aromatic amines is 3. The smallest absolute Gasteiger partial charge is 0.155 e. The summed E-state index contributed by atoms with van der Waals surface area (Å²) < 4.78 is 14.6. The molecule has 5 aromatic heterocycles. The molecule has 0 saturated heterocycles. The van der Waals surface area contributed by atoms with Crippen LogP contribution in [0.1, 0.15) is 0 Å². The van der Waals surface area contributed by atoms with Crippen LogP contribution < -0.4 is 5.32 Å². The van der Waals surface area contributed by atoms with Crippen molar-refractivity contribution >= 4 is 27.8 Å². The lowest BCUT2D eigenvalue weighted by molar-refractivity contribution is 0.425. The molecule has 6 aromatic rings. The van der Waals surface area contributed by atoms with Crippen LogP contribution in [0.2, 0.25) is 0 Å². The van der Waals surface area contributed by atoms with Crippen LogP contribution in [0.5, 0.6) is 0 Å². The summed E-state index contributed by atoms with van der Waals surface area (Å²) in [6, 6.07) is 11.0. The third-order valence-corrected chi connectivity index (χ3v) is 6.13. The Morgan fingerprint density at radius 2 is 1.86 bits per heavy atom. The molecule has 0 radical (unpaired) electrons. The second kappa shape index (κ2) is 8.90. The Bertz CT molecular complexity index is 1660. The maximum absolute atomic E-state index is 14.6. The highest BCUT2D eigenvalue weighted by molar-refractivity contribution is 6.00. The number of likely N-dealkylation sites (N-methyl/N-ethyl adjacent to an activating group) is 1. The Morgan fingerprint density at radius 1 is 0.944 bits per heavy atom. The standard InChI is InChI=1S/C26H24FN9/c1-36(2)6-5-28-19-8-15(7-18(27)10-19)20-3-4-29-25-21(20)11-23(33-25)24-22-9-16(17-13-31-32-14-17)12-30-26(22)35-34-24/h3-4,7-14,28H,5-6H2,1-2H3,(H,29,33)(H,31,32)(H,30,34,35). The summed E-state index contributed by atoms with van der Waals surface area (Å²) in [6.07, 6.45) is 7.09. The molecule has 0 unspecified atom stereocenters. The lowest BCUT2D eigenvalue weighted by atomic mass is 10.0. The molecule has 9 nitrogen and oxygen atoms in total. The minimum atomic E-state index is -0.295. The van der Waals surface area contributed by atoms with Crippen LogP contribution in [0.15, 0.2) is 61.2 Å². The van der Waals surface area contributed by atoms with Crippen LogP contribution in [-0.2, 0) is 0 Å². The van der Waals surface area contributed by atoms with Gasteiger partial charge in [0, 0.05) is 59.3 Å². The average molecular weight is 482 g/mol. The van der Waals surface area contributed by atoms with E-state index < -0.39 is 0 Å². The SMILES string of the molecule is CN(C)CCNc1cc(F)cc(-c2ccnc3[nH]c(-c4n[nH]c5ncc(-c6cn[nH]c6)cc45)cc23)c1. The normalized spacial score (nSPS) is 11.7. The number of hydrogen-bond donors (Lipinski definition) is 4. The lowest BCUT2D eigenvalue weighted by Gasteiger charge is -2.13. The molecule has 0 aliphatic carbocycles. The number of pyridine rings is 2. The molecule has 0 fully saturated rings. The first-order valence-corrected chi connectivity index (χ1v) is 11.6. The van der Waals surface area contributed by atoms with E-state index in [-0.39, 0.29) is 5.82 Å². The Morgan fingerprint density at radius 3 is 2.69 bits per heavy atom. The van der Waals surface area contributed by atoms with Gasteiger partial charge in [-0.2, -0.15) is 10.2 Å². The molecule has 5 heterocycles. The van der Waals surface area contributed by atoms with E-state index in [2.05, 4.69) is 45.6 Å². The number of H-pyrrole nitrogens is 3. The van der Waals surface area contributed by atoms with E-state index in [1.54, 1.807) is 24.7 Å². The van der Waals surface area contributed by atoms with Crippen molar-refractivity contribution in [1.82, 2.24) is 40.2 Å². The predicted molar refractivity (Wildman–Crippen MR) is 139 cm³/mol. The Balaban J connectivity index is 1.41. The number of benzene rings is 1. The number of halogens is 1. The number of aromatic nitrogens is 7. The van der Waals surface area contributed by atoms with Gasteiger partial charge in [0.25, 0.3) is 0 Å². The van der Waals surface area contributed by atoms with E-state index >= 15 is 0 Å². The van der Waals surface area contributed by atoms with Gasteiger partial charge in [0.05, 0.1) is 11.9 Å². The molecular weight excluding hydrogens is 457 g/mol. The first-order chi connectivity index (χ1) is 17.5. The molecule has 4 N–H and O–H groups in total. The second-order valence-corrected chi connectivity index (χ2v) is 8.94. The zero-order valence-corrected chi connectivity index (χ0v) is 19.8. The summed E-state index contributed by atoms with van der Waals surface area (Å²) >= 11 is 0. The van der Waals surface area contributed by atoms with E-state index in [4.69, 9.17) is 0 Å². The van der Waals surface area contributed by atoms with Gasteiger partial charge in [0.2, 0.25) is 0 Å². The molecule has 1 aromatic carbocycles. The fraction of sp³-hybridized carbons (Fsp3) is 0.154. The van der Waals surface area contributed by atoms with E-state index in [1.807, 2.05) is 44.6 Å². The fourth-order valence-electron chi connectivity index (χ4n) is 4.35. The Kier molecular flexibility index (Phi) is 5.42. The van der Waals surface area contributed by atoms with Gasteiger partial charge in [-0.3, -0.25) is 10.2 Å². The topological polar surface area (TPSA) is 114 Å². The first-order valence-electron chi connectivity index (χ1n) is 11.6. The van der Waals surface area contributed by atoms with Crippen LogP contribution in [0.25, 0.3) is 55.7 Å². The van der Waals surface area contributed by atoms with Crippen molar-refractivity contribution in [2.24, 2.45) is 0 Å². The van der Waals surface area contributed by atoms with E-state index in [1.165, 1.54) is 6.07 Å². The molecule has 0 aliphatic rings. The third kappa shape index (κ3) is 4.07. The van der Waals surface area contributed by atoms with Gasteiger partial charge in [-0.25, -0.2) is 14.4 Å². The number of hydrogen-bond acceptors (Lipinski definition) is 6. The summed E-state index contributed by atoms with van der Waals surface area (Å²) in [6.45, 7) is 1.57. The van der Waals surface area contributed by atoms with Gasteiger partial charge in [0.1, 0.15) is 17.2 Å². The minimum absolute atomic E-state index is 0.295. The molecule has 6 rings (SSSR count). The van der Waals surface area contributed by atoms with E-state index in [0.29, 0.717) is 11.3 Å². The highest BCUT2D eigenvalue weighted by Crippen LogP contribution is 2.35. The minimum Gasteiger partial charge on any atom is -0.384 e. The molecule has 0 spiro atoms. The second-order valence-electron chi connectivity index (χ2n) is 8.94.